The Hall–Kier alpha value is -2.12. The van der Waals surface area contributed by atoms with E-state index in [1.165, 1.54) is 12.1 Å². The maximum absolute atomic E-state index is 12.1. The number of carbonyl (C=O) groups is 1. The van der Waals surface area contributed by atoms with E-state index in [4.69, 9.17) is 4.74 Å². The molecule has 1 aromatic rings. The molecule has 1 amide bonds. The van der Waals surface area contributed by atoms with Gasteiger partial charge in [0, 0.05) is 31.9 Å². The van der Waals surface area contributed by atoms with Gasteiger partial charge >= 0.3 is 12.5 Å². The largest absolute Gasteiger partial charge is 0.573 e. The van der Waals surface area contributed by atoms with Gasteiger partial charge in [-0.15, -0.1) is 13.2 Å². The number of hydrogen-bond acceptors (Lipinski definition) is 4. The Labute approximate surface area is 132 Å². The van der Waals surface area contributed by atoms with Crippen LogP contribution in [0.2, 0.25) is 0 Å². The molecule has 0 bridgehead atoms. The van der Waals surface area contributed by atoms with Crippen molar-refractivity contribution in [3.63, 3.8) is 0 Å². The monoisotopic (exact) mass is 332 g/mol. The average molecular weight is 332 g/mol. The first-order valence-corrected chi connectivity index (χ1v) is 7.41. The van der Waals surface area contributed by atoms with Crippen LogP contribution < -0.4 is 9.64 Å². The molecule has 128 valence electrons. The van der Waals surface area contributed by atoms with Crippen LogP contribution in [0.4, 0.5) is 23.7 Å². The molecule has 0 saturated carbocycles. The van der Waals surface area contributed by atoms with Gasteiger partial charge < -0.3 is 19.3 Å². The zero-order valence-corrected chi connectivity index (χ0v) is 12.8. The molecule has 0 radical (unpaired) electrons. The number of rotatable bonds is 4. The van der Waals surface area contributed by atoms with Gasteiger partial charge in [0.25, 0.3) is 0 Å². The summed E-state index contributed by atoms with van der Waals surface area (Å²) in [5.74, 6) is -0.247. The summed E-state index contributed by atoms with van der Waals surface area (Å²) in [5.41, 5.74) is 0.793. The van der Waals surface area contributed by atoms with Crippen LogP contribution in [0.1, 0.15) is 13.3 Å². The topological polar surface area (TPSA) is 42.0 Å². The molecule has 0 spiro atoms. The molecule has 5 nitrogen and oxygen atoms in total. The molecule has 23 heavy (non-hydrogen) atoms. The van der Waals surface area contributed by atoms with Crippen molar-refractivity contribution in [3.05, 3.63) is 24.3 Å². The molecular formula is C15H19F3N2O3. The average Bonchev–Trinajstić information content (AvgIpc) is 2.52. The zero-order valence-electron chi connectivity index (χ0n) is 12.8. The Balaban J connectivity index is 1.86. The minimum atomic E-state index is -4.69. The first-order chi connectivity index (χ1) is 10.9. The van der Waals surface area contributed by atoms with Crippen molar-refractivity contribution in [1.82, 2.24) is 4.90 Å². The van der Waals surface area contributed by atoms with Crippen molar-refractivity contribution in [2.75, 3.05) is 37.7 Å². The maximum Gasteiger partial charge on any atom is 0.573 e. The molecule has 1 aromatic carbocycles. The van der Waals surface area contributed by atoms with Crippen LogP contribution in [0.5, 0.6) is 5.75 Å². The number of piperazine rings is 1. The lowest BCUT2D eigenvalue weighted by molar-refractivity contribution is -0.274. The van der Waals surface area contributed by atoms with E-state index in [0.717, 1.165) is 12.1 Å². The van der Waals surface area contributed by atoms with Crippen LogP contribution in [0.15, 0.2) is 24.3 Å². The van der Waals surface area contributed by atoms with E-state index in [1.54, 1.807) is 17.0 Å². The fourth-order valence-electron chi connectivity index (χ4n) is 2.29. The van der Waals surface area contributed by atoms with Gasteiger partial charge in [-0.1, -0.05) is 6.92 Å². The molecular weight excluding hydrogens is 313 g/mol. The number of alkyl halides is 3. The summed E-state index contributed by atoms with van der Waals surface area (Å²) in [6.45, 7) is 4.56. The number of carbonyl (C=O) groups excluding carboxylic acids is 1. The molecule has 1 aliphatic rings. The van der Waals surface area contributed by atoms with E-state index >= 15 is 0 Å². The Morgan fingerprint density at radius 1 is 1.13 bits per heavy atom. The van der Waals surface area contributed by atoms with Crippen LogP contribution in [0, 0.1) is 0 Å². The van der Waals surface area contributed by atoms with Crippen LogP contribution in [0.3, 0.4) is 0 Å². The second-order valence-electron chi connectivity index (χ2n) is 5.13. The molecule has 1 saturated heterocycles. The number of amides is 1. The predicted octanol–water partition coefficient (Wildman–Crippen LogP) is 3.25. The molecule has 8 heteroatoms. The normalized spacial score (nSPS) is 15.5. The zero-order chi connectivity index (χ0) is 16.9. The van der Waals surface area contributed by atoms with Gasteiger partial charge in [-0.3, -0.25) is 0 Å². The van der Waals surface area contributed by atoms with Gasteiger partial charge in [-0.25, -0.2) is 4.79 Å². The number of benzene rings is 1. The van der Waals surface area contributed by atoms with Crippen molar-refractivity contribution in [1.29, 1.82) is 0 Å². The van der Waals surface area contributed by atoms with Crippen LogP contribution in [-0.4, -0.2) is 50.1 Å². The third kappa shape index (κ3) is 5.22. The molecule has 0 unspecified atom stereocenters. The number of ether oxygens (including phenoxy) is 2. The Kier molecular flexibility index (Phi) is 5.57. The van der Waals surface area contributed by atoms with Gasteiger partial charge in [-0.05, 0) is 30.7 Å². The third-order valence-corrected chi connectivity index (χ3v) is 3.40. The van der Waals surface area contributed by atoms with Gasteiger partial charge in [-0.2, -0.15) is 0 Å². The van der Waals surface area contributed by atoms with E-state index in [2.05, 4.69) is 4.74 Å². The van der Waals surface area contributed by atoms with Gasteiger partial charge in [0.05, 0.1) is 6.61 Å². The molecule has 0 atom stereocenters. The molecule has 1 fully saturated rings. The number of nitrogens with zero attached hydrogens (tertiary/aromatic N) is 2. The van der Waals surface area contributed by atoms with Crippen molar-refractivity contribution < 1.29 is 27.4 Å². The smallest absolute Gasteiger partial charge is 0.449 e. The molecule has 0 aliphatic carbocycles. The number of anilines is 1. The highest BCUT2D eigenvalue weighted by Crippen LogP contribution is 2.25. The van der Waals surface area contributed by atoms with Crippen molar-refractivity contribution in [2.45, 2.75) is 19.7 Å². The van der Waals surface area contributed by atoms with Crippen LogP contribution in [-0.2, 0) is 4.74 Å². The summed E-state index contributed by atoms with van der Waals surface area (Å²) in [6, 6.07) is 5.72. The lowest BCUT2D eigenvalue weighted by atomic mass is 10.2. The second kappa shape index (κ2) is 7.43. The van der Waals surface area contributed by atoms with Gasteiger partial charge in [0.2, 0.25) is 0 Å². The SMILES string of the molecule is CCCOC(=O)N1CCN(c2ccc(OC(F)(F)F)cc2)CC1. The highest BCUT2D eigenvalue weighted by atomic mass is 19.4. The van der Waals surface area contributed by atoms with Crippen molar-refractivity contribution in [2.24, 2.45) is 0 Å². The van der Waals surface area contributed by atoms with Gasteiger partial charge in [0.15, 0.2) is 0 Å². The molecule has 1 heterocycles. The minimum Gasteiger partial charge on any atom is -0.449 e. The standard InChI is InChI=1S/C15H19F3N2O3/c1-2-11-22-14(21)20-9-7-19(8-10-20)12-3-5-13(6-4-12)23-15(16,17)18/h3-6H,2,7-11H2,1H3. The molecule has 0 aromatic heterocycles. The van der Waals surface area contributed by atoms with Gasteiger partial charge in [0.1, 0.15) is 5.75 Å². The summed E-state index contributed by atoms with van der Waals surface area (Å²) in [6.07, 6.45) is -4.23. The lowest BCUT2D eigenvalue weighted by Crippen LogP contribution is -2.49. The Bertz CT molecular complexity index is 512. The lowest BCUT2D eigenvalue weighted by Gasteiger charge is -2.35. The Morgan fingerprint density at radius 2 is 1.74 bits per heavy atom. The fraction of sp³-hybridized carbons (Fsp3) is 0.533. The Morgan fingerprint density at radius 3 is 2.26 bits per heavy atom. The van der Waals surface area contributed by atoms with E-state index in [0.29, 0.717) is 32.8 Å². The molecule has 1 aliphatic heterocycles. The van der Waals surface area contributed by atoms with E-state index in [-0.39, 0.29) is 11.8 Å². The van der Waals surface area contributed by atoms with Crippen molar-refractivity contribution in [3.8, 4) is 5.75 Å². The predicted molar refractivity (Wildman–Crippen MR) is 78.6 cm³/mol. The highest BCUT2D eigenvalue weighted by Gasteiger charge is 2.31. The summed E-state index contributed by atoms with van der Waals surface area (Å²) < 4.78 is 45.3. The summed E-state index contributed by atoms with van der Waals surface area (Å²) in [4.78, 5) is 15.4. The second-order valence-corrected chi connectivity index (χ2v) is 5.13. The summed E-state index contributed by atoms with van der Waals surface area (Å²) in [7, 11) is 0. The number of hydrogen-bond donors (Lipinski definition) is 0. The highest BCUT2D eigenvalue weighted by molar-refractivity contribution is 5.68. The third-order valence-electron chi connectivity index (χ3n) is 3.40. The minimum absolute atomic E-state index is 0.247. The molecule has 2 rings (SSSR count). The van der Waals surface area contributed by atoms with E-state index in [1.807, 2.05) is 11.8 Å². The summed E-state index contributed by atoms with van der Waals surface area (Å²) >= 11 is 0. The van der Waals surface area contributed by atoms with Crippen LogP contribution in [0.25, 0.3) is 0 Å². The van der Waals surface area contributed by atoms with E-state index in [9.17, 15) is 18.0 Å². The number of halogens is 3. The maximum atomic E-state index is 12.1. The first-order valence-electron chi connectivity index (χ1n) is 7.41. The molecule has 0 N–H and O–H groups in total. The summed E-state index contributed by atoms with van der Waals surface area (Å²) in [5, 5.41) is 0. The van der Waals surface area contributed by atoms with Crippen LogP contribution >= 0.6 is 0 Å². The first kappa shape index (κ1) is 17.2. The quantitative estimate of drug-likeness (QED) is 0.849. The van der Waals surface area contributed by atoms with Crippen molar-refractivity contribution >= 4 is 11.8 Å². The van der Waals surface area contributed by atoms with E-state index < -0.39 is 6.36 Å². The fourth-order valence-corrected chi connectivity index (χ4v) is 2.29.